The number of carboxylic acid groups (broad SMARTS) is 1. The van der Waals surface area contributed by atoms with Crippen LogP contribution in [-0.4, -0.2) is 34.2 Å². The van der Waals surface area contributed by atoms with Crippen molar-refractivity contribution in [1.29, 1.82) is 0 Å². The topological polar surface area (TPSA) is 53.4 Å². The fraction of sp³-hybridized carbons (Fsp3) is 0.600. The van der Waals surface area contributed by atoms with Gasteiger partial charge in [0.05, 0.1) is 0 Å². The molecule has 1 aliphatic carbocycles. The lowest BCUT2D eigenvalue weighted by Crippen LogP contribution is -2.29. The molecule has 1 saturated heterocycles. The Balaban J connectivity index is 1.75. The average molecular weight is 260 g/mol. The monoisotopic (exact) mass is 260 g/mol. The Morgan fingerprint density at radius 3 is 2.47 bits per heavy atom. The van der Waals surface area contributed by atoms with Crippen molar-refractivity contribution in [3.8, 4) is 0 Å². The Hall–Kier alpha value is -1.58. The standard InChI is InChI=1S/C15H20N2O2/c1-15(2,3)12-6-4-5-11(16-12)13-9-7-17(14(18)19)8-10(9)13/h4-6,9-10,13H,7-8H2,1-3H3,(H,18,19)/t9-,10+,13?. The van der Waals surface area contributed by atoms with Gasteiger partial charge in [0, 0.05) is 35.8 Å². The Bertz CT molecular complexity index is 509. The van der Waals surface area contributed by atoms with E-state index >= 15 is 0 Å². The van der Waals surface area contributed by atoms with Crippen LogP contribution in [0.2, 0.25) is 0 Å². The van der Waals surface area contributed by atoms with Crippen LogP contribution in [0.5, 0.6) is 0 Å². The van der Waals surface area contributed by atoms with E-state index in [-0.39, 0.29) is 5.41 Å². The summed E-state index contributed by atoms with van der Waals surface area (Å²) in [5.41, 5.74) is 2.32. The van der Waals surface area contributed by atoms with Crippen LogP contribution in [-0.2, 0) is 5.41 Å². The molecule has 3 rings (SSSR count). The predicted octanol–water partition coefficient (Wildman–Crippen LogP) is 2.70. The summed E-state index contributed by atoms with van der Waals surface area (Å²) in [5, 5.41) is 8.97. The first-order valence-electron chi connectivity index (χ1n) is 6.83. The first kappa shape index (κ1) is 12.5. The predicted molar refractivity (Wildman–Crippen MR) is 72.3 cm³/mol. The molecular formula is C15H20N2O2. The molecule has 1 unspecified atom stereocenters. The van der Waals surface area contributed by atoms with E-state index in [4.69, 9.17) is 10.1 Å². The molecule has 102 valence electrons. The third-order valence-corrected chi connectivity index (χ3v) is 4.35. The normalized spacial score (nSPS) is 29.2. The summed E-state index contributed by atoms with van der Waals surface area (Å²) in [6.07, 6.45) is -0.789. The van der Waals surface area contributed by atoms with Gasteiger partial charge in [0.25, 0.3) is 0 Å². The number of hydrogen-bond acceptors (Lipinski definition) is 2. The van der Waals surface area contributed by atoms with Gasteiger partial charge in [0.15, 0.2) is 0 Å². The maximum Gasteiger partial charge on any atom is 0.407 e. The minimum Gasteiger partial charge on any atom is -0.465 e. The number of amides is 1. The van der Waals surface area contributed by atoms with Crippen LogP contribution < -0.4 is 0 Å². The summed E-state index contributed by atoms with van der Waals surface area (Å²) in [6, 6.07) is 6.24. The smallest absolute Gasteiger partial charge is 0.407 e. The van der Waals surface area contributed by atoms with E-state index in [2.05, 4.69) is 39.0 Å². The molecule has 1 aromatic rings. The van der Waals surface area contributed by atoms with Gasteiger partial charge in [0.2, 0.25) is 0 Å². The Morgan fingerprint density at radius 1 is 1.32 bits per heavy atom. The fourth-order valence-corrected chi connectivity index (χ4v) is 3.18. The van der Waals surface area contributed by atoms with Gasteiger partial charge in [-0.1, -0.05) is 26.8 Å². The van der Waals surface area contributed by atoms with Crippen LogP contribution in [0.1, 0.15) is 38.1 Å². The van der Waals surface area contributed by atoms with Crippen LogP contribution in [0.3, 0.4) is 0 Å². The molecular weight excluding hydrogens is 240 g/mol. The molecule has 1 saturated carbocycles. The summed E-state index contributed by atoms with van der Waals surface area (Å²) < 4.78 is 0. The number of rotatable bonds is 1. The molecule has 4 nitrogen and oxygen atoms in total. The molecule has 0 bridgehead atoms. The summed E-state index contributed by atoms with van der Waals surface area (Å²) in [5.74, 6) is 1.44. The second-order valence-electron chi connectivity index (χ2n) is 6.74. The van der Waals surface area contributed by atoms with Crippen molar-refractivity contribution in [3.05, 3.63) is 29.6 Å². The Morgan fingerprint density at radius 2 is 1.95 bits per heavy atom. The Labute approximate surface area is 113 Å². The number of fused-ring (bicyclic) bond motifs is 1. The first-order chi connectivity index (χ1) is 8.88. The van der Waals surface area contributed by atoms with Gasteiger partial charge in [-0.25, -0.2) is 4.79 Å². The van der Waals surface area contributed by atoms with Crippen molar-refractivity contribution in [2.45, 2.75) is 32.1 Å². The van der Waals surface area contributed by atoms with Crippen LogP contribution in [0.25, 0.3) is 0 Å². The van der Waals surface area contributed by atoms with Gasteiger partial charge in [-0.3, -0.25) is 4.98 Å². The van der Waals surface area contributed by atoms with Crippen molar-refractivity contribution in [2.75, 3.05) is 13.1 Å². The average Bonchev–Trinajstić information content (AvgIpc) is 2.83. The van der Waals surface area contributed by atoms with E-state index in [0.29, 0.717) is 30.8 Å². The summed E-state index contributed by atoms with van der Waals surface area (Å²) in [6.45, 7) is 7.84. The maximum atomic E-state index is 10.9. The molecule has 19 heavy (non-hydrogen) atoms. The lowest BCUT2D eigenvalue weighted by Gasteiger charge is -2.19. The van der Waals surface area contributed by atoms with E-state index in [9.17, 15) is 4.79 Å². The lowest BCUT2D eigenvalue weighted by molar-refractivity contribution is 0.150. The van der Waals surface area contributed by atoms with E-state index in [1.807, 2.05) is 0 Å². The second kappa shape index (κ2) is 3.95. The third kappa shape index (κ3) is 2.09. The van der Waals surface area contributed by atoms with Crippen molar-refractivity contribution in [2.24, 2.45) is 11.8 Å². The van der Waals surface area contributed by atoms with Gasteiger partial charge >= 0.3 is 6.09 Å². The third-order valence-electron chi connectivity index (χ3n) is 4.35. The number of nitrogens with zero attached hydrogens (tertiary/aromatic N) is 2. The van der Waals surface area contributed by atoms with Crippen LogP contribution in [0.4, 0.5) is 4.79 Å². The van der Waals surface area contributed by atoms with Crippen LogP contribution in [0, 0.1) is 11.8 Å². The van der Waals surface area contributed by atoms with Crippen molar-refractivity contribution < 1.29 is 9.90 Å². The second-order valence-corrected chi connectivity index (χ2v) is 6.74. The fourth-order valence-electron chi connectivity index (χ4n) is 3.18. The lowest BCUT2D eigenvalue weighted by atomic mass is 9.91. The molecule has 1 aromatic heterocycles. The highest BCUT2D eigenvalue weighted by molar-refractivity contribution is 5.66. The van der Waals surface area contributed by atoms with Gasteiger partial charge in [-0.05, 0) is 24.0 Å². The molecule has 2 heterocycles. The SMILES string of the molecule is CC(C)(C)c1cccc(C2[C@H]3CN(C(=O)O)C[C@@H]23)n1. The van der Waals surface area contributed by atoms with E-state index in [1.54, 1.807) is 0 Å². The Kier molecular flexibility index (Phi) is 2.59. The zero-order chi connectivity index (χ0) is 13.8. The van der Waals surface area contributed by atoms with Gasteiger partial charge in [0.1, 0.15) is 0 Å². The van der Waals surface area contributed by atoms with E-state index < -0.39 is 6.09 Å². The van der Waals surface area contributed by atoms with Crippen molar-refractivity contribution in [1.82, 2.24) is 9.88 Å². The molecule has 2 aliphatic rings. The molecule has 1 N–H and O–H groups in total. The van der Waals surface area contributed by atoms with E-state index in [1.165, 1.54) is 4.90 Å². The largest absolute Gasteiger partial charge is 0.465 e. The molecule has 4 heteroatoms. The molecule has 0 spiro atoms. The highest BCUT2D eigenvalue weighted by Crippen LogP contribution is 2.57. The van der Waals surface area contributed by atoms with Crippen LogP contribution in [0.15, 0.2) is 18.2 Å². The molecule has 1 aliphatic heterocycles. The number of hydrogen-bond donors (Lipinski definition) is 1. The minimum absolute atomic E-state index is 0.0626. The minimum atomic E-state index is -0.789. The maximum absolute atomic E-state index is 10.9. The number of piperidine rings is 1. The van der Waals surface area contributed by atoms with Gasteiger partial charge in [-0.15, -0.1) is 0 Å². The van der Waals surface area contributed by atoms with Crippen molar-refractivity contribution >= 4 is 6.09 Å². The molecule has 0 aromatic carbocycles. The molecule has 3 atom stereocenters. The zero-order valence-corrected chi connectivity index (χ0v) is 11.6. The number of carbonyl (C=O) groups is 1. The molecule has 0 radical (unpaired) electrons. The van der Waals surface area contributed by atoms with Crippen molar-refractivity contribution in [3.63, 3.8) is 0 Å². The number of likely N-dealkylation sites (tertiary alicyclic amines) is 1. The van der Waals surface area contributed by atoms with Gasteiger partial charge in [-0.2, -0.15) is 0 Å². The van der Waals surface area contributed by atoms with E-state index in [0.717, 1.165) is 11.4 Å². The zero-order valence-electron chi connectivity index (χ0n) is 11.6. The number of aromatic nitrogens is 1. The molecule has 2 fully saturated rings. The quantitative estimate of drug-likeness (QED) is 0.844. The van der Waals surface area contributed by atoms with Crippen LogP contribution >= 0.6 is 0 Å². The summed E-state index contributed by atoms with van der Waals surface area (Å²) in [4.78, 5) is 17.2. The molecule has 1 amide bonds. The summed E-state index contributed by atoms with van der Waals surface area (Å²) in [7, 11) is 0. The highest BCUT2D eigenvalue weighted by atomic mass is 16.4. The highest BCUT2D eigenvalue weighted by Gasteiger charge is 2.58. The van der Waals surface area contributed by atoms with Gasteiger partial charge < -0.3 is 10.0 Å². The number of pyridine rings is 1. The first-order valence-corrected chi connectivity index (χ1v) is 6.83. The summed E-state index contributed by atoms with van der Waals surface area (Å²) >= 11 is 0.